The lowest BCUT2D eigenvalue weighted by Crippen LogP contribution is -2.33. The predicted octanol–water partition coefficient (Wildman–Crippen LogP) is 6.70. The van der Waals surface area contributed by atoms with Crippen molar-refractivity contribution >= 4 is 38.5 Å². The van der Waals surface area contributed by atoms with Crippen LogP contribution in [0.15, 0.2) is 74.3 Å². The lowest BCUT2D eigenvalue weighted by molar-refractivity contribution is 0.0968. The molecule has 7 heteroatoms. The first-order valence-corrected chi connectivity index (χ1v) is 11.8. The quantitative estimate of drug-likeness (QED) is 0.289. The Morgan fingerprint density at radius 2 is 1.88 bits per heavy atom. The molecule has 0 unspecified atom stereocenters. The van der Waals surface area contributed by atoms with Crippen molar-refractivity contribution in [1.82, 2.24) is 4.90 Å². The van der Waals surface area contributed by atoms with Gasteiger partial charge >= 0.3 is 0 Å². The monoisotopic (exact) mass is 525 g/mol. The highest BCUT2D eigenvalue weighted by molar-refractivity contribution is 9.10. The molecule has 168 valence electrons. The smallest absolute Gasteiger partial charge is 0.235 e. The highest BCUT2D eigenvalue weighted by atomic mass is 79.9. The van der Waals surface area contributed by atoms with Gasteiger partial charge in [0.15, 0.2) is 0 Å². The molecule has 0 aliphatic carbocycles. The summed E-state index contributed by atoms with van der Waals surface area (Å²) in [6.45, 7) is 3.59. The zero-order chi connectivity index (χ0) is 22.9. The maximum Gasteiger partial charge on any atom is 0.235 e. The zero-order valence-electron chi connectivity index (χ0n) is 17.9. The number of benzene rings is 3. The predicted molar refractivity (Wildman–Crippen MR) is 132 cm³/mol. The Hall–Kier alpha value is -2.80. The number of para-hydroxylation sites is 1. The minimum absolute atomic E-state index is 0.182. The Labute approximate surface area is 204 Å². The second kappa shape index (κ2) is 9.21. The molecule has 0 N–H and O–H groups in total. The summed E-state index contributed by atoms with van der Waals surface area (Å²) in [5.41, 5.74) is 2.29. The third kappa shape index (κ3) is 4.38. The number of rotatable bonds is 5. The normalized spacial score (nSPS) is 13.5. The number of halogens is 2. The van der Waals surface area contributed by atoms with Gasteiger partial charge in [0, 0.05) is 18.1 Å². The van der Waals surface area contributed by atoms with Crippen LogP contribution in [-0.4, -0.2) is 18.2 Å². The number of hydrogen-bond donors (Lipinski definition) is 0. The Kier molecular flexibility index (Phi) is 6.15. The van der Waals surface area contributed by atoms with Gasteiger partial charge in [0.1, 0.15) is 29.6 Å². The Balaban J connectivity index is 1.45. The first-order chi connectivity index (χ1) is 16.0. The standard InChI is InChI=1S/C26H21BrClNO4/c1-16-25(33-23-9-5-3-7-20(23)27)24(30)18-10-11-22-19(26(18)32-16)14-29(15-31-22)13-12-17-6-2-4-8-21(17)28/h2-11H,12-15H2,1H3. The molecular weight excluding hydrogens is 506 g/mol. The molecule has 0 atom stereocenters. The third-order valence-corrected chi connectivity index (χ3v) is 6.76. The number of fused-ring (bicyclic) bond motifs is 3. The van der Waals surface area contributed by atoms with Crippen molar-refractivity contribution in [1.29, 1.82) is 0 Å². The van der Waals surface area contributed by atoms with E-state index in [1.165, 1.54) is 0 Å². The molecule has 1 aliphatic heterocycles. The molecule has 0 fully saturated rings. The van der Waals surface area contributed by atoms with Crippen LogP contribution >= 0.6 is 27.5 Å². The first kappa shape index (κ1) is 22.0. The molecule has 5 nitrogen and oxygen atoms in total. The van der Waals surface area contributed by atoms with E-state index in [0.717, 1.165) is 39.3 Å². The summed E-state index contributed by atoms with van der Waals surface area (Å²) in [5, 5.41) is 1.23. The molecule has 0 saturated heterocycles. The van der Waals surface area contributed by atoms with Crippen LogP contribution in [0.2, 0.25) is 5.02 Å². The van der Waals surface area contributed by atoms with Gasteiger partial charge in [-0.05, 0) is 65.2 Å². The van der Waals surface area contributed by atoms with Crippen LogP contribution in [0.3, 0.4) is 0 Å². The largest absolute Gasteiger partial charge is 0.478 e. The molecular formula is C26H21BrClNO4. The Bertz CT molecular complexity index is 1400. The molecule has 0 saturated carbocycles. The number of hydrogen-bond acceptors (Lipinski definition) is 5. The van der Waals surface area contributed by atoms with Gasteiger partial charge in [0.05, 0.1) is 15.4 Å². The van der Waals surface area contributed by atoms with Gasteiger partial charge in [-0.15, -0.1) is 0 Å². The Morgan fingerprint density at radius 3 is 2.70 bits per heavy atom. The fourth-order valence-electron chi connectivity index (χ4n) is 3.98. The topological polar surface area (TPSA) is 51.9 Å². The lowest BCUT2D eigenvalue weighted by atomic mass is 10.1. The van der Waals surface area contributed by atoms with Crippen molar-refractivity contribution in [2.24, 2.45) is 0 Å². The van der Waals surface area contributed by atoms with Crippen molar-refractivity contribution < 1.29 is 13.9 Å². The van der Waals surface area contributed by atoms with Crippen LogP contribution in [0.25, 0.3) is 11.0 Å². The van der Waals surface area contributed by atoms with Crippen LogP contribution in [-0.2, 0) is 13.0 Å². The fourth-order valence-corrected chi connectivity index (χ4v) is 4.58. The third-order valence-electron chi connectivity index (χ3n) is 5.73. The van der Waals surface area contributed by atoms with Gasteiger partial charge in [-0.3, -0.25) is 9.69 Å². The molecule has 1 aromatic heterocycles. The van der Waals surface area contributed by atoms with E-state index >= 15 is 0 Å². The summed E-state index contributed by atoms with van der Waals surface area (Å²) in [5.74, 6) is 1.89. The molecule has 0 radical (unpaired) electrons. The molecule has 33 heavy (non-hydrogen) atoms. The maximum absolute atomic E-state index is 13.3. The molecule has 4 aromatic rings. The van der Waals surface area contributed by atoms with Gasteiger partial charge in [0.25, 0.3) is 0 Å². The van der Waals surface area contributed by atoms with Crippen LogP contribution in [0.4, 0.5) is 0 Å². The van der Waals surface area contributed by atoms with Crippen LogP contribution in [0.1, 0.15) is 16.9 Å². The molecule has 0 amide bonds. The van der Waals surface area contributed by atoms with E-state index in [4.69, 9.17) is 25.5 Å². The molecule has 1 aliphatic rings. The van der Waals surface area contributed by atoms with Gasteiger partial charge in [-0.2, -0.15) is 0 Å². The second-order valence-electron chi connectivity index (χ2n) is 7.94. The van der Waals surface area contributed by atoms with Gasteiger partial charge in [-0.25, -0.2) is 0 Å². The van der Waals surface area contributed by atoms with E-state index < -0.39 is 0 Å². The van der Waals surface area contributed by atoms with E-state index in [-0.39, 0.29) is 11.2 Å². The highest BCUT2D eigenvalue weighted by Gasteiger charge is 2.24. The van der Waals surface area contributed by atoms with Crippen LogP contribution < -0.4 is 14.9 Å². The summed E-state index contributed by atoms with van der Waals surface area (Å²) in [4.78, 5) is 15.5. The van der Waals surface area contributed by atoms with E-state index in [2.05, 4.69) is 20.8 Å². The number of nitrogens with zero attached hydrogens (tertiary/aromatic N) is 1. The van der Waals surface area contributed by atoms with Crippen molar-refractivity contribution in [2.75, 3.05) is 13.3 Å². The summed E-state index contributed by atoms with van der Waals surface area (Å²) in [6, 6.07) is 18.8. The van der Waals surface area contributed by atoms with Gasteiger partial charge in [0.2, 0.25) is 11.2 Å². The van der Waals surface area contributed by atoms with Crippen LogP contribution in [0.5, 0.6) is 17.2 Å². The molecule has 3 aromatic carbocycles. The van der Waals surface area contributed by atoms with E-state index in [1.807, 2.05) is 48.5 Å². The zero-order valence-corrected chi connectivity index (χ0v) is 20.3. The average Bonchev–Trinajstić information content (AvgIpc) is 2.82. The number of aryl methyl sites for hydroxylation is 1. The minimum Gasteiger partial charge on any atom is -0.478 e. The molecule has 2 heterocycles. The van der Waals surface area contributed by atoms with Crippen molar-refractivity contribution in [3.8, 4) is 17.2 Å². The van der Waals surface area contributed by atoms with Gasteiger partial charge in [-0.1, -0.05) is 41.9 Å². The average molecular weight is 527 g/mol. The first-order valence-electron chi connectivity index (χ1n) is 10.6. The van der Waals surface area contributed by atoms with E-state index in [9.17, 15) is 4.79 Å². The Morgan fingerprint density at radius 1 is 1.09 bits per heavy atom. The molecule has 0 bridgehead atoms. The highest BCUT2D eigenvalue weighted by Crippen LogP contribution is 2.35. The molecule has 0 spiro atoms. The van der Waals surface area contributed by atoms with Crippen LogP contribution in [0, 0.1) is 6.92 Å². The molecule has 5 rings (SSSR count). The minimum atomic E-state index is -0.208. The number of ether oxygens (including phenoxy) is 2. The second-order valence-corrected chi connectivity index (χ2v) is 9.20. The summed E-state index contributed by atoms with van der Waals surface area (Å²) in [6.07, 6.45) is 0.802. The lowest BCUT2D eigenvalue weighted by Gasteiger charge is -2.29. The van der Waals surface area contributed by atoms with Crippen molar-refractivity contribution in [2.45, 2.75) is 19.9 Å². The van der Waals surface area contributed by atoms with Gasteiger partial charge < -0.3 is 13.9 Å². The SMILES string of the molecule is Cc1oc2c3c(ccc2c(=O)c1Oc1ccccc1Br)OCN(CCc1ccccc1Cl)C3. The van der Waals surface area contributed by atoms with E-state index in [1.54, 1.807) is 19.1 Å². The van der Waals surface area contributed by atoms with Crippen molar-refractivity contribution in [3.05, 3.63) is 97.3 Å². The maximum atomic E-state index is 13.3. The summed E-state index contributed by atoms with van der Waals surface area (Å²) in [7, 11) is 0. The van der Waals surface area contributed by atoms with E-state index in [0.29, 0.717) is 35.8 Å². The van der Waals surface area contributed by atoms with Crippen molar-refractivity contribution in [3.63, 3.8) is 0 Å². The summed E-state index contributed by atoms with van der Waals surface area (Å²) < 4.78 is 18.8. The summed E-state index contributed by atoms with van der Waals surface area (Å²) >= 11 is 9.76. The fraction of sp³-hybridized carbons (Fsp3) is 0.192.